The van der Waals surface area contributed by atoms with Crippen molar-refractivity contribution in [2.45, 2.75) is 0 Å². The Morgan fingerprint density at radius 1 is 1.35 bits per heavy atom. The van der Waals surface area contributed by atoms with E-state index in [4.69, 9.17) is 15.2 Å². The number of hydrogen-bond acceptors (Lipinski definition) is 4. The summed E-state index contributed by atoms with van der Waals surface area (Å²) in [5, 5.41) is 0. The monoisotopic (exact) mass is 256 g/mol. The third-order valence-corrected chi connectivity index (χ3v) is 2.39. The molecular formula is C12H17ClN2O2. The highest BCUT2D eigenvalue weighted by Gasteiger charge is 2.11. The number of hydrogen-bond donors (Lipinski definition) is 1. The van der Waals surface area contributed by atoms with Gasteiger partial charge in [-0.25, -0.2) is 0 Å². The Hall–Kier alpha value is -1.39. The van der Waals surface area contributed by atoms with Crippen molar-refractivity contribution < 1.29 is 9.47 Å². The van der Waals surface area contributed by atoms with Crippen LogP contribution in [0.25, 0.3) is 0 Å². The molecule has 5 heteroatoms. The van der Waals surface area contributed by atoms with Gasteiger partial charge in [-0.1, -0.05) is 0 Å². The van der Waals surface area contributed by atoms with E-state index < -0.39 is 0 Å². The second-order valence-electron chi connectivity index (χ2n) is 3.86. The normalized spacial score (nSPS) is 18.3. The molecule has 0 unspecified atom stereocenters. The van der Waals surface area contributed by atoms with Crippen molar-refractivity contribution in [2.24, 2.45) is 0 Å². The topological polar surface area (TPSA) is 47.7 Å². The van der Waals surface area contributed by atoms with E-state index >= 15 is 0 Å². The number of ether oxygens (including phenoxy) is 2. The molecule has 2 rings (SSSR count). The van der Waals surface area contributed by atoms with E-state index in [1.54, 1.807) is 6.26 Å². The van der Waals surface area contributed by atoms with Gasteiger partial charge in [-0.05, 0) is 31.3 Å². The first kappa shape index (κ1) is 13.7. The molecule has 2 N–H and O–H groups in total. The molecule has 0 saturated carbocycles. The SMILES string of the molecule is CN1CCOC(=COc2ccc(N)cc2)C1.Cl. The smallest absolute Gasteiger partial charge is 0.145 e. The summed E-state index contributed by atoms with van der Waals surface area (Å²) >= 11 is 0. The molecule has 1 saturated heterocycles. The van der Waals surface area contributed by atoms with Gasteiger partial charge in [0.15, 0.2) is 0 Å². The third kappa shape index (κ3) is 4.17. The van der Waals surface area contributed by atoms with Crippen molar-refractivity contribution in [3.05, 3.63) is 36.3 Å². The van der Waals surface area contributed by atoms with E-state index in [2.05, 4.69) is 11.9 Å². The quantitative estimate of drug-likeness (QED) is 0.648. The van der Waals surface area contributed by atoms with E-state index in [0.29, 0.717) is 6.61 Å². The number of anilines is 1. The molecule has 0 bridgehead atoms. The van der Waals surface area contributed by atoms with Crippen molar-refractivity contribution >= 4 is 18.1 Å². The molecule has 1 aliphatic heterocycles. The summed E-state index contributed by atoms with van der Waals surface area (Å²) in [6.07, 6.45) is 1.65. The fourth-order valence-corrected chi connectivity index (χ4v) is 1.47. The van der Waals surface area contributed by atoms with Gasteiger partial charge in [0.1, 0.15) is 24.4 Å². The standard InChI is InChI=1S/C12H16N2O2.ClH/c1-14-6-7-15-12(8-14)9-16-11-4-2-10(13)3-5-11;/h2-5,9H,6-8,13H2,1H3;1H. The maximum atomic E-state index is 5.58. The van der Waals surface area contributed by atoms with Gasteiger partial charge in [-0.15, -0.1) is 12.4 Å². The molecule has 0 atom stereocenters. The molecular weight excluding hydrogens is 240 g/mol. The highest BCUT2D eigenvalue weighted by molar-refractivity contribution is 5.85. The average molecular weight is 257 g/mol. The van der Waals surface area contributed by atoms with Crippen LogP contribution >= 0.6 is 12.4 Å². The Balaban J connectivity index is 0.00000144. The predicted octanol–water partition coefficient (Wildman–Crippen LogP) is 1.87. The number of nitrogens with zero attached hydrogens (tertiary/aromatic N) is 1. The van der Waals surface area contributed by atoms with Crippen LogP contribution in [0.4, 0.5) is 5.69 Å². The molecule has 17 heavy (non-hydrogen) atoms. The minimum Gasteiger partial charge on any atom is -0.492 e. The van der Waals surface area contributed by atoms with Crippen LogP contribution in [0, 0.1) is 0 Å². The second-order valence-corrected chi connectivity index (χ2v) is 3.86. The number of halogens is 1. The van der Waals surface area contributed by atoms with Crippen LogP contribution in [0.1, 0.15) is 0 Å². The van der Waals surface area contributed by atoms with E-state index in [1.807, 2.05) is 24.3 Å². The van der Waals surface area contributed by atoms with Gasteiger partial charge in [0, 0.05) is 12.2 Å². The lowest BCUT2D eigenvalue weighted by Gasteiger charge is -2.24. The highest BCUT2D eigenvalue weighted by Crippen LogP contribution is 2.15. The lowest BCUT2D eigenvalue weighted by molar-refractivity contribution is 0.104. The lowest BCUT2D eigenvalue weighted by atomic mass is 10.3. The number of benzene rings is 1. The summed E-state index contributed by atoms with van der Waals surface area (Å²) in [5.41, 5.74) is 6.31. The van der Waals surface area contributed by atoms with Crippen molar-refractivity contribution in [3.8, 4) is 5.75 Å². The Kier molecular flexibility index (Phi) is 5.12. The molecule has 1 aliphatic rings. The van der Waals surface area contributed by atoms with Crippen LogP contribution in [-0.4, -0.2) is 31.6 Å². The molecule has 0 aromatic heterocycles. The van der Waals surface area contributed by atoms with Gasteiger partial charge in [0.25, 0.3) is 0 Å². The zero-order chi connectivity index (χ0) is 11.4. The zero-order valence-corrected chi connectivity index (χ0v) is 10.6. The van der Waals surface area contributed by atoms with Crippen LogP contribution in [0.5, 0.6) is 5.75 Å². The van der Waals surface area contributed by atoms with Crippen molar-refractivity contribution in [1.82, 2.24) is 4.90 Å². The Morgan fingerprint density at radius 3 is 2.71 bits per heavy atom. The van der Waals surface area contributed by atoms with Gasteiger partial charge < -0.3 is 15.2 Å². The summed E-state index contributed by atoms with van der Waals surface area (Å²) in [6.45, 7) is 2.46. The van der Waals surface area contributed by atoms with Crippen LogP contribution in [0.15, 0.2) is 36.3 Å². The van der Waals surface area contributed by atoms with Crippen LogP contribution in [0.3, 0.4) is 0 Å². The van der Waals surface area contributed by atoms with E-state index in [1.165, 1.54) is 0 Å². The van der Waals surface area contributed by atoms with Crippen molar-refractivity contribution in [2.75, 3.05) is 32.5 Å². The van der Waals surface area contributed by atoms with Gasteiger partial charge >= 0.3 is 0 Å². The summed E-state index contributed by atoms with van der Waals surface area (Å²) in [6, 6.07) is 7.28. The van der Waals surface area contributed by atoms with Gasteiger partial charge in [0.05, 0.1) is 6.54 Å². The molecule has 0 radical (unpaired) electrons. The van der Waals surface area contributed by atoms with Gasteiger partial charge in [-0.2, -0.15) is 0 Å². The molecule has 1 aromatic carbocycles. The summed E-state index contributed by atoms with van der Waals surface area (Å²) in [5.74, 6) is 1.61. The van der Waals surface area contributed by atoms with Crippen LogP contribution in [0.2, 0.25) is 0 Å². The number of likely N-dealkylation sites (N-methyl/N-ethyl adjacent to an activating group) is 1. The molecule has 4 nitrogen and oxygen atoms in total. The Bertz CT molecular complexity index is 379. The fourth-order valence-electron chi connectivity index (χ4n) is 1.47. The number of rotatable bonds is 2. The van der Waals surface area contributed by atoms with E-state index in [-0.39, 0.29) is 12.4 Å². The summed E-state index contributed by atoms with van der Waals surface area (Å²) < 4.78 is 10.9. The molecule has 1 aromatic rings. The predicted molar refractivity (Wildman–Crippen MR) is 70.3 cm³/mol. The third-order valence-electron chi connectivity index (χ3n) is 2.39. The van der Waals surface area contributed by atoms with Crippen molar-refractivity contribution in [1.29, 1.82) is 0 Å². The number of nitrogen functional groups attached to an aromatic ring is 1. The van der Waals surface area contributed by atoms with Crippen molar-refractivity contribution in [3.63, 3.8) is 0 Å². The minimum absolute atomic E-state index is 0. The Morgan fingerprint density at radius 2 is 2.06 bits per heavy atom. The van der Waals surface area contributed by atoms with Crippen LogP contribution in [-0.2, 0) is 4.74 Å². The Labute approximate surface area is 107 Å². The first-order valence-electron chi connectivity index (χ1n) is 5.26. The average Bonchev–Trinajstić information content (AvgIpc) is 2.28. The molecule has 1 fully saturated rings. The maximum absolute atomic E-state index is 5.58. The minimum atomic E-state index is 0. The molecule has 94 valence electrons. The number of morpholine rings is 1. The summed E-state index contributed by atoms with van der Waals surface area (Å²) in [7, 11) is 2.06. The zero-order valence-electron chi connectivity index (χ0n) is 9.76. The largest absolute Gasteiger partial charge is 0.492 e. The summed E-state index contributed by atoms with van der Waals surface area (Å²) in [4.78, 5) is 2.18. The van der Waals surface area contributed by atoms with E-state index in [0.717, 1.165) is 30.3 Å². The molecule has 0 aliphatic carbocycles. The molecule has 0 spiro atoms. The van der Waals surface area contributed by atoms with Crippen LogP contribution < -0.4 is 10.5 Å². The second kappa shape index (κ2) is 6.37. The maximum Gasteiger partial charge on any atom is 0.145 e. The molecule has 0 amide bonds. The fraction of sp³-hybridized carbons (Fsp3) is 0.333. The first-order valence-corrected chi connectivity index (χ1v) is 5.26. The molecule has 1 heterocycles. The highest BCUT2D eigenvalue weighted by atomic mass is 35.5. The first-order chi connectivity index (χ1) is 7.74. The number of nitrogens with two attached hydrogens (primary N) is 1. The van der Waals surface area contributed by atoms with Gasteiger partial charge in [-0.3, -0.25) is 4.90 Å². The lowest BCUT2D eigenvalue weighted by Crippen LogP contribution is -2.31. The van der Waals surface area contributed by atoms with Gasteiger partial charge in [0.2, 0.25) is 0 Å². The van der Waals surface area contributed by atoms with E-state index in [9.17, 15) is 0 Å².